The second-order valence-electron chi connectivity index (χ2n) is 4.02. The first-order valence-corrected chi connectivity index (χ1v) is 4.51. The van der Waals surface area contributed by atoms with Crippen molar-refractivity contribution in [2.45, 2.75) is 38.4 Å². The topological polar surface area (TPSA) is 29.5 Å². The van der Waals surface area contributed by atoms with Gasteiger partial charge < -0.3 is 9.84 Å². The molecule has 1 aliphatic heterocycles. The molecule has 0 aromatic carbocycles. The fraction of sp³-hybridized carbons (Fsp3) is 1.00. The highest BCUT2D eigenvalue weighted by Crippen LogP contribution is 2.49. The second-order valence-corrected chi connectivity index (χ2v) is 4.02. The van der Waals surface area contributed by atoms with E-state index in [1.54, 1.807) is 0 Å². The zero-order chi connectivity index (χ0) is 8.06. The molecule has 2 aliphatic rings. The Morgan fingerprint density at radius 3 is 2.64 bits per heavy atom. The summed E-state index contributed by atoms with van der Waals surface area (Å²) in [5.74, 6) is 1.06. The highest BCUT2D eigenvalue weighted by atomic mass is 16.5. The molecule has 0 unspecified atom stereocenters. The van der Waals surface area contributed by atoms with Gasteiger partial charge in [-0.25, -0.2) is 0 Å². The molecule has 1 saturated carbocycles. The Morgan fingerprint density at radius 1 is 1.64 bits per heavy atom. The fourth-order valence-electron chi connectivity index (χ4n) is 2.64. The van der Waals surface area contributed by atoms with Gasteiger partial charge in [0, 0.05) is 5.92 Å². The van der Waals surface area contributed by atoms with E-state index in [0.717, 1.165) is 19.4 Å². The lowest BCUT2D eigenvalue weighted by Crippen LogP contribution is -2.35. The minimum atomic E-state index is -0.192. The zero-order valence-corrected chi connectivity index (χ0v) is 7.21. The van der Waals surface area contributed by atoms with Gasteiger partial charge in [-0.15, -0.1) is 0 Å². The highest BCUT2D eigenvalue weighted by molar-refractivity contribution is 5.05. The van der Waals surface area contributed by atoms with Gasteiger partial charge in [0.15, 0.2) is 0 Å². The van der Waals surface area contributed by atoms with Crippen LogP contribution in [0.4, 0.5) is 0 Å². The van der Waals surface area contributed by atoms with Gasteiger partial charge in [-0.1, -0.05) is 13.8 Å². The van der Waals surface area contributed by atoms with E-state index in [2.05, 4.69) is 13.8 Å². The van der Waals surface area contributed by atoms with Crippen molar-refractivity contribution < 1.29 is 9.84 Å². The summed E-state index contributed by atoms with van der Waals surface area (Å²) in [6.45, 7) is 5.09. The zero-order valence-electron chi connectivity index (χ0n) is 7.21. The first-order chi connectivity index (χ1) is 5.19. The van der Waals surface area contributed by atoms with Crippen LogP contribution in [-0.4, -0.2) is 23.4 Å². The van der Waals surface area contributed by atoms with E-state index in [1.165, 1.54) is 0 Å². The Labute approximate surface area is 67.6 Å². The van der Waals surface area contributed by atoms with E-state index < -0.39 is 0 Å². The summed E-state index contributed by atoms with van der Waals surface area (Å²) in [5, 5.41) is 9.82. The molecular formula is C9H16O2. The maximum atomic E-state index is 9.82. The van der Waals surface area contributed by atoms with E-state index in [-0.39, 0.29) is 11.7 Å². The molecule has 1 saturated heterocycles. The Hall–Kier alpha value is -0.0800. The molecule has 4 atom stereocenters. The Kier molecular flexibility index (Phi) is 1.52. The lowest BCUT2D eigenvalue weighted by molar-refractivity contribution is -0.0649. The van der Waals surface area contributed by atoms with Crippen LogP contribution >= 0.6 is 0 Å². The molecule has 2 fully saturated rings. The predicted octanol–water partition coefficient (Wildman–Crippen LogP) is 1.18. The van der Waals surface area contributed by atoms with Crippen LogP contribution in [0.25, 0.3) is 0 Å². The number of aliphatic hydroxyl groups is 1. The van der Waals surface area contributed by atoms with Crippen LogP contribution in [0, 0.1) is 11.8 Å². The predicted molar refractivity (Wildman–Crippen MR) is 42.3 cm³/mol. The third kappa shape index (κ3) is 0.798. The van der Waals surface area contributed by atoms with E-state index in [1.807, 2.05) is 0 Å². The van der Waals surface area contributed by atoms with Gasteiger partial charge in [0.1, 0.15) is 0 Å². The van der Waals surface area contributed by atoms with Crippen LogP contribution in [0.3, 0.4) is 0 Å². The highest BCUT2D eigenvalue weighted by Gasteiger charge is 2.56. The number of aliphatic hydroxyl groups excluding tert-OH is 1. The second kappa shape index (κ2) is 2.20. The van der Waals surface area contributed by atoms with Crippen LogP contribution in [0.5, 0.6) is 0 Å². The molecule has 0 radical (unpaired) electrons. The van der Waals surface area contributed by atoms with E-state index in [4.69, 9.17) is 4.74 Å². The first kappa shape index (κ1) is 7.56. The maximum absolute atomic E-state index is 9.82. The quantitative estimate of drug-likeness (QED) is 0.617. The molecule has 0 amide bonds. The average molecular weight is 156 g/mol. The normalized spacial score (nSPS) is 55.4. The summed E-state index contributed by atoms with van der Waals surface area (Å²) in [7, 11) is 0. The van der Waals surface area contributed by atoms with Crippen molar-refractivity contribution in [1.29, 1.82) is 0 Å². The van der Waals surface area contributed by atoms with E-state index in [9.17, 15) is 5.11 Å². The molecule has 2 rings (SSSR count). The minimum absolute atomic E-state index is 0.163. The molecule has 2 nitrogen and oxygen atoms in total. The van der Waals surface area contributed by atoms with Crippen molar-refractivity contribution in [2.24, 2.45) is 11.8 Å². The molecule has 0 aromatic heterocycles. The van der Waals surface area contributed by atoms with Crippen LogP contribution < -0.4 is 0 Å². The number of fused-ring (bicyclic) bond motifs is 2. The molecule has 0 aromatic rings. The van der Waals surface area contributed by atoms with Crippen LogP contribution in [0.1, 0.15) is 26.7 Å². The number of rotatable bonds is 1. The lowest BCUT2D eigenvalue weighted by Gasteiger charge is -2.28. The van der Waals surface area contributed by atoms with Crippen molar-refractivity contribution in [2.75, 3.05) is 6.61 Å². The Bertz CT molecular complexity index is 169. The van der Waals surface area contributed by atoms with Crippen LogP contribution in [0.2, 0.25) is 0 Å². The molecule has 1 aliphatic carbocycles. The molecule has 0 spiro atoms. The molecule has 2 bridgehead atoms. The molecule has 2 heteroatoms. The number of hydrogen-bond acceptors (Lipinski definition) is 2. The summed E-state index contributed by atoms with van der Waals surface area (Å²) >= 11 is 0. The fourth-order valence-corrected chi connectivity index (χ4v) is 2.64. The third-order valence-corrected chi connectivity index (χ3v) is 3.50. The van der Waals surface area contributed by atoms with Gasteiger partial charge in [-0.3, -0.25) is 0 Å². The summed E-state index contributed by atoms with van der Waals surface area (Å²) in [6, 6.07) is 0. The van der Waals surface area contributed by atoms with Crippen LogP contribution in [0.15, 0.2) is 0 Å². The SMILES string of the molecule is CC[C@@]12C[C@@H](C)[C@H](CO1)[C@@H]2O. The van der Waals surface area contributed by atoms with Gasteiger partial charge >= 0.3 is 0 Å². The summed E-state index contributed by atoms with van der Waals surface area (Å²) in [5.41, 5.74) is -0.163. The maximum Gasteiger partial charge on any atom is 0.0944 e. The van der Waals surface area contributed by atoms with Gasteiger partial charge in [0.25, 0.3) is 0 Å². The number of hydrogen-bond donors (Lipinski definition) is 1. The Morgan fingerprint density at radius 2 is 2.36 bits per heavy atom. The molecule has 1 heterocycles. The molecule has 64 valence electrons. The first-order valence-electron chi connectivity index (χ1n) is 4.51. The van der Waals surface area contributed by atoms with Crippen molar-refractivity contribution in [3.8, 4) is 0 Å². The van der Waals surface area contributed by atoms with Crippen molar-refractivity contribution in [3.63, 3.8) is 0 Å². The van der Waals surface area contributed by atoms with E-state index in [0.29, 0.717) is 11.8 Å². The number of ether oxygens (including phenoxy) is 1. The molecule has 1 N–H and O–H groups in total. The van der Waals surface area contributed by atoms with Crippen molar-refractivity contribution in [3.05, 3.63) is 0 Å². The smallest absolute Gasteiger partial charge is 0.0944 e. The molecular weight excluding hydrogens is 140 g/mol. The third-order valence-electron chi connectivity index (χ3n) is 3.50. The average Bonchev–Trinajstić information content (AvgIpc) is 2.42. The van der Waals surface area contributed by atoms with Gasteiger partial charge in [0.05, 0.1) is 18.3 Å². The summed E-state index contributed by atoms with van der Waals surface area (Å²) in [6.07, 6.45) is 1.81. The largest absolute Gasteiger partial charge is 0.390 e. The van der Waals surface area contributed by atoms with Gasteiger partial charge in [0.2, 0.25) is 0 Å². The van der Waals surface area contributed by atoms with E-state index >= 15 is 0 Å². The summed E-state index contributed by atoms with van der Waals surface area (Å²) in [4.78, 5) is 0. The standard InChI is InChI=1S/C9H16O2/c1-3-9-4-6(2)7(5-11-9)8(9)10/h6-8,10H,3-5H2,1-2H3/t6-,7+,8+,9+/m1/s1. The lowest BCUT2D eigenvalue weighted by atomic mass is 9.96. The Balaban J connectivity index is 2.24. The monoisotopic (exact) mass is 156 g/mol. The van der Waals surface area contributed by atoms with Crippen LogP contribution in [-0.2, 0) is 4.74 Å². The van der Waals surface area contributed by atoms with Gasteiger partial charge in [-0.05, 0) is 18.8 Å². The minimum Gasteiger partial charge on any atom is -0.390 e. The van der Waals surface area contributed by atoms with Gasteiger partial charge in [-0.2, -0.15) is 0 Å². The van der Waals surface area contributed by atoms with Crippen molar-refractivity contribution >= 4 is 0 Å². The summed E-state index contributed by atoms with van der Waals surface area (Å²) < 4.78 is 5.62. The molecule has 11 heavy (non-hydrogen) atoms. The van der Waals surface area contributed by atoms with Crippen molar-refractivity contribution in [1.82, 2.24) is 0 Å².